The molecule has 0 unspecified atom stereocenters. The van der Waals surface area contributed by atoms with Crippen LogP contribution in [0.15, 0.2) is 52.0 Å². The van der Waals surface area contributed by atoms with Crippen LogP contribution in [0.4, 0.5) is 0 Å². The maximum Gasteiger partial charge on any atom is 0.249 e. The summed E-state index contributed by atoms with van der Waals surface area (Å²) in [6, 6.07) is 11.5. The summed E-state index contributed by atoms with van der Waals surface area (Å²) < 4.78 is 0. The van der Waals surface area contributed by atoms with E-state index in [0.717, 1.165) is 22.0 Å². The Morgan fingerprint density at radius 2 is 2.00 bits per heavy atom. The number of H-pyrrole nitrogens is 1. The van der Waals surface area contributed by atoms with E-state index < -0.39 is 0 Å². The lowest BCUT2D eigenvalue weighted by atomic mass is 10.0. The van der Waals surface area contributed by atoms with Gasteiger partial charge >= 0.3 is 0 Å². The third-order valence-corrected chi connectivity index (χ3v) is 3.27. The van der Waals surface area contributed by atoms with Crippen molar-refractivity contribution in [1.29, 1.82) is 0 Å². The summed E-state index contributed by atoms with van der Waals surface area (Å²) in [7, 11) is 0. The average Bonchev–Trinajstić information content (AvgIpc) is 2.81. The van der Waals surface area contributed by atoms with Crippen LogP contribution in [-0.2, 0) is 0 Å². The van der Waals surface area contributed by atoms with Gasteiger partial charge in [0.2, 0.25) is 5.56 Å². The number of hydrogen-bond donors (Lipinski definition) is 1. The summed E-state index contributed by atoms with van der Waals surface area (Å²) in [6.45, 7) is 0. The standard InChI is InChI=1S/C13H9NOS/c15-13-7-11(9-5-6-16-8-9)10-3-1-2-4-12(10)14-13/h1-8H,(H,14,15). The van der Waals surface area contributed by atoms with Crippen molar-refractivity contribution >= 4 is 22.2 Å². The Balaban J connectivity index is 2.44. The molecule has 3 aromatic rings. The molecule has 1 aromatic carbocycles. The molecule has 0 amide bonds. The highest BCUT2D eigenvalue weighted by molar-refractivity contribution is 7.08. The van der Waals surface area contributed by atoms with Gasteiger partial charge in [0.05, 0.1) is 0 Å². The molecule has 2 aromatic heterocycles. The number of nitrogens with one attached hydrogen (secondary N) is 1. The molecule has 16 heavy (non-hydrogen) atoms. The van der Waals surface area contributed by atoms with Crippen LogP contribution in [0, 0.1) is 0 Å². The van der Waals surface area contributed by atoms with Crippen LogP contribution in [0.5, 0.6) is 0 Å². The molecule has 0 saturated heterocycles. The minimum Gasteiger partial charge on any atom is -0.322 e. The molecule has 0 bridgehead atoms. The highest BCUT2D eigenvalue weighted by Gasteiger charge is 2.05. The minimum absolute atomic E-state index is 0.0556. The Morgan fingerprint density at radius 1 is 1.12 bits per heavy atom. The Kier molecular flexibility index (Phi) is 2.11. The van der Waals surface area contributed by atoms with Crippen LogP contribution in [0.1, 0.15) is 0 Å². The predicted octanol–water partition coefficient (Wildman–Crippen LogP) is 3.26. The number of benzene rings is 1. The normalized spacial score (nSPS) is 10.8. The van der Waals surface area contributed by atoms with Crippen molar-refractivity contribution in [1.82, 2.24) is 4.98 Å². The van der Waals surface area contributed by atoms with Crippen LogP contribution in [-0.4, -0.2) is 4.98 Å². The van der Waals surface area contributed by atoms with Crippen LogP contribution in [0.25, 0.3) is 22.0 Å². The molecule has 2 heterocycles. The van der Waals surface area contributed by atoms with Gasteiger partial charge in [-0.2, -0.15) is 11.3 Å². The van der Waals surface area contributed by atoms with Crippen molar-refractivity contribution in [3.63, 3.8) is 0 Å². The summed E-state index contributed by atoms with van der Waals surface area (Å²) in [5, 5.41) is 5.16. The Hall–Kier alpha value is -1.87. The second-order valence-corrected chi connectivity index (χ2v) is 4.38. The first kappa shape index (κ1) is 9.36. The molecule has 78 valence electrons. The van der Waals surface area contributed by atoms with E-state index in [-0.39, 0.29) is 5.56 Å². The Labute approximate surface area is 96.2 Å². The molecule has 0 aliphatic heterocycles. The van der Waals surface area contributed by atoms with Crippen molar-refractivity contribution in [3.05, 3.63) is 57.5 Å². The minimum atomic E-state index is -0.0556. The average molecular weight is 227 g/mol. The van der Waals surface area contributed by atoms with Gasteiger partial charge in [0, 0.05) is 17.0 Å². The first-order valence-corrected chi connectivity index (χ1v) is 5.93. The molecule has 3 heteroatoms. The molecule has 0 radical (unpaired) electrons. The van der Waals surface area contributed by atoms with Gasteiger partial charge in [-0.05, 0) is 34.0 Å². The Bertz CT molecular complexity index is 682. The summed E-state index contributed by atoms with van der Waals surface area (Å²) in [5.41, 5.74) is 2.93. The molecule has 0 saturated carbocycles. The second-order valence-electron chi connectivity index (χ2n) is 3.60. The van der Waals surface area contributed by atoms with Crippen molar-refractivity contribution in [2.45, 2.75) is 0 Å². The van der Waals surface area contributed by atoms with Crippen molar-refractivity contribution in [3.8, 4) is 11.1 Å². The quantitative estimate of drug-likeness (QED) is 0.680. The Morgan fingerprint density at radius 3 is 2.81 bits per heavy atom. The maximum atomic E-state index is 11.5. The van der Waals surface area contributed by atoms with Gasteiger partial charge in [-0.15, -0.1) is 0 Å². The van der Waals surface area contributed by atoms with E-state index in [1.807, 2.05) is 35.7 Å². The molecule has 0 fully saturated rings. The van der Waals surface area contributed by atoms with E-state index in [9.17, 15) is 4.79 Å². The van der Waals surface area contributed by atoms with Crippen LogP contribution >= 0.6 is 11.3 Å². The second kappa shape index (κ2) is 3.61. The van der Waals surface area contributed by atoms with Crippen molar-refractivity contribution < 1.29 is 0 Å². The summed E-state index contributed by atoms with van der Waals surface area (Å²) in [4.78, 5) is 14.4. The van der Waals surface area contributed by atoms with Crippen LogP contribution in [0.3, 0.4) is 0 Å². The smallest absolute Gasteiger partial charge is 0.249 e. The lowest BCUT2D eigenvalue weighted by Crippen LogP contribution is -2.04. The van der Waals surface area contributed by atoms with Crippen LogP contribution < -0.4 is 5.56 Å². The highest BCUT2D eigenvalue weighted by Crippen LogP contribution is 2.27. The van der Waals surface area contributed by atoms with Crippen molar-refractivity contribution in [2.75, 3.05) is 0 Å². The third-order valence-electron chi connectivity index (χ3n) is 2.58. The predicted molar refractivity (Wildman–Crippen MR) is 67.9 cm³/mol. The fourth-order valence-electron chi connectivity index (χ4n) is 1.86. The number of fused-ring (bicyclic) bond motifs is 1. The molecular formula is C13H9NOS. The summed E-state index contributed by atoms with van der Waals surface area (Å²) in [6.07, 6.45) is 0. The van der Waals surface area contributed by atoms with Gasteiger partial charge in [-0.1, -0.05) is 18.2 Å². The van der Waals surface area contributed by atoms with Gasteiger partial charge in [0.1, 0.15) is 0 Å². The fourth-order valence-corrected chi connectivity index (χ4v) is 2.52. The summed E-state index contributed by atoms with van der Waals surface area (Å²) in [5.74, 6) is 0. The van der Waals surface area contributed by atoms with Crippen LogP contribution in [0.2, 0.25) is 0 Å². The zero-order valence-electron chi connectivity index (χ0n) is 8.44. The molecule has 1 N–H and O–H groups in total. The molecule has 0 atom stereocenters. The topological polar surface area (TPSA) is 32.9 Å². The SMILES string of the molecule is O=c1cc(-c2ccsc2)c2ccccc2[nH]1. The zero-order valence-corrected chi connectivity index (χ0v) is 9.25. The molecule has 0 aliphatic carbocycles. The van der Waals surface area contributed by atoms with Gasteiger partial charge in [0.25, 0.3) is 0 Å². The first-order valence-electron chi connectivity index (χ1n) is 4.99. The van der Waals surface area contributed by atoms with Gasteiger partial charge < -0.3 is 4.98 Å². The fraction of sp³-hybridized carbons (Fsp3) is 0. The van der Waals surface area contributed by atoms with Crippen molar-refractivity contribution in [2.24, 2.45) is 0 Å². The van der Waals surface area contributed by atoms with E-state index in [1.54, 1.807) is 17.4 Å². The zero-order chi connectivity index (χ0) is 11.0. The van der Waals surface area contributed by atoms with Gasteiger partial charge in [-0.25, -0.2) is 0 Å². The lowest BCUT2D eigenvalue weighted by Gasteiger charge is -2.03. The highest BCUT2D eigenvalue weighted by atomic mass is 32.1. The monoisotopic (exact) mass is 227 g/mol. The molecule has 3 rings (SSSR count). The largest absolute Gasteiger partial charge is 0.322 e. The maximum absolute atomic E-state index is 11.5. The molecule has 0 spiro atoms. The summed E-state index contributed by atoms with van der Waals surface area (Å²) >= 11 is 1.64. The van der Waals surface area contributed by atoms with E-state index in [2.05, 4.69) is 10.4 Å². The third kappa shape index (κ3) is 1.46. The molecule has 2 nitrogen and oxygen atoms in total. The molecule has 0 aliphatic rings. The van der Waals surface area contributed by atoms with E-state index in [0.29, 0.717) is 0 Å². The van der Waals surface area contributed by atoms with E-state index in [1.165, 1.54) is 0 Å². The molecular weight excluding hydrogens is 218 g/mol. The van der Waals surface area contributed by atoms with Gasteiger partial charge in [0.15, 0.2) is 0 Å². The van der Waals surface area contributed by atoms with Gasteiger partial charge in [-0.3, -0.25) is 4.79 Å². The number of para-hydroxylation sites is 1. The van der Waals surface area contributed by atoms with E-state index in [4.69, 9.17) is 0 Å². The number of pyridine rings is 1. The first-order chi connectivity index (χ1) is 7.84. The number of hydrogen-bond acceptors (Lipinski definition) is 2. The number of thiophene rings is 1. The lowest BCUT2D eigenvalue weighted by molar-refractivity contribution is 1.31. The number of aromatic nitrogens is 1. The van der Waals surface area contributed by atoms with E-state index >= 15 is 0 Å². The number of rotatable bonds is 1. The number of aromatic amines is 1.